The Kier molecular flexibility index (Phi) is 6.05. The molecule has 0 aromatic carbocycles. The minimum atomic E-state index is -4.90. The molecule has 1 aromatic rings. The zero-order valence-electron chi connectivity index (χ0n) is 11.8. The van der Waals surface area contributed by atoms with Gasteiger partial charge in [0, 0.05) is 11.6 Å². The smallest absolute Gasteiger partial charge is 0.324 e. The van der Waals surface area contributed by atoms with Gasteiger partial charge < -0.3 is 19.6 Å². The third kappa shape index (κ3) is 6.22. The fraction of sp³-hybridized carbons (Fsp3) is 0.417. The predicted molar refractivity (Wildman–Crippen MR) is 77.6 cm³/mol. The molecule has 0 aliphatic carbocycles. The van der Waals surface area contributed by atoms with Crippen molar-refractivity contribution in [2.45, 2.75) is 32.2 Å². The lowest BCUT2D eigenvalue weighted by molar-refractivity contribution is -0.695. The van der Waals surface area contributed by atoms with Crippen LogP contribution in [0.25, 0.3) is 0 Å². The van der Waals surface area contributed by atoms with Crippen LogP contribution in [-0.2, 0) is 22.1 Å². The van der Waals surface area contributed by atoms with Crippen LogP contribution >= 0.6 is 15.2 Å². The van der Waals surface area contributed by atoms with Gasteiger partial charge >= 0.3 is 15.2 Å². The minimum absolute atomic E-state index is 0.447. The Bertz CT molecular complexity index is 592. The maximum Gasteiger partial charge on any atom is 0.347 e. The van der Waals surface area contributed by atoms with Gasteiger partial charge in [0.05, 0.1) is 0 Å². The summed E-state index contributed by atoms with van der Waals surface area (Å²) in [6, 6.07) is 3.50. The SMILES string of the molecule is CC(C)=CCc1ccc[n+](CC(P(=O)(O)O)P(=O)(O)O)c1. The van der Waals surface area contributed by atoms with Crippen molar-refractivity contribution in [3.05, 3.63) is 41.7 Å². The quantitative estimate of drug-likeness (QED) is 0.352. The van der Waals surface area contributed by atoms with Crippen molar-refractivity contribution in [1.29, 1.82) is 0 Å². The molecule has 1 rings (SSSR count). The van der Waals surface area contributed by atoms with Gasteiger partial charge in [-0.1, -0.05) is 11.6 Å². The van der Waals surface area contributed by atoms with Crippen LogP contribution in [0.4, 0.5) is 0 Å². The molecule has 7 nitrogen and oxygen atoms in total. The van der Waals surface area contributed by atoms with Crippen LogP contribution in [0.1, 0.15) is 19.4 Å². The fourth-order valence-corrected chi connectivity index (χ4v) is 4.10. The molecule has 21 heavy (non-hydrogen) atoms. The lowest BCUT2D eigenvalue weighted by Gasteiger charge is -2.16. The number of nitrogens with zero attached hydrogens (tertiary/aromatic N) is 1. The maximum atomic E-state index is 11.3. The summed E-state index contributed by atoms with van der Waals surface area (Å²) in [5, 5.41) is -2.03. The Morgan fingerprint density at radius 1 is 1.24 bits per heavy atom. The number of allylic oxidation sites excluding steroid dienone is 2. The summed E-state index contributed by atoms with van der Waals surface area (Å²) in [4.78, 5) is 36.5. The van der Waals surface area contributed by atoms with Crippen LogP contribution in [0.15, 0.2) is 36.2 Å². The molecule has 0 aliphatic rings. The number of hydrogen-bond donors (Lipinski definition) is 4. The second-order valence-corrected chi connectivity index (χ2v) is 9.06. The van der Waals surface area contributed by atoms with E-state index in [1.807, 2.05) is 26.0 Å². The zero-order valence-corrected chi connectivity index (χ0v) is 13.6. The van der Waals surface area contributed by atoms with E-state index in [0.717, 1.165) is 11.1 Å². The maximum absolute atomic E-state index is 11.3. The van der Waals surface area contributed by atoms with Crippen molar-refractivity contribution < 1.29 is 33.3 Å². The summed E-state index contributed by atoms with van der Waals surface area (Å²) < 4.78 is 23.9. The molecular weight excluding hydrogens is 316 g/mol. The summed E-state index contributed by atoms with van der Waals surface area (Å²) >= 11 is 0. The Hall–Kier alpha value is -0.810. The lowest BCUT2D eigenvalue weighted by Crippen LogP contribution is -2.39. The highest BCUT2D eigenvalue weighted by Crippen LogP contribution is 2.59. The van der Waals surface area contributed by atoms with Gasteiger partial charge in [-0.3, -0.25) is 9.13 Å². The van der Waals surface area contributed by atoms with Crippen molar-refractivity contribution in [1.82, 2.24) is 0 Å². The first-order chi connectivity index (χ1) is 9.50. The summed E-state index contributed by atoms with van der Waals surface area (Å²) in [6.07, 6.45) is 5.77. The zero-order chi connectivity index (χ0) is 16.3. The van der Waals surface area contributed by atoms with Gasteiger partial charge in [0.2, 0.25) is 5.40 Å². The van der Waals surface area contributed by atoms with E-state index in [2.05, 4.69) is 0 Å². The molecule has 0 bridgehead atoms. The highest BCUT2D eigenvalue weighted by atomic mass is 31.2. The molecule has 0 saturated heterocycles. The van der Waals surface area contributed by atoms with Crippen LogP contribution in [0, 0.1) is 0 Å². The molecular formula is C12H20NO6P2+. The molecule has 0 amide bonds. The summed E-state index contributed by atoms with van der Waals surface area (Å²) in [5.74, 6) is 0. The minimum Gasteiger partial charge on any atom is -0.324 e. The van der Waals surface area contributed by atoms with Gasteiger partial charge in [-0.2, -0.15) is 0 Å². The summed E-state index contributed by atoms with van der Waals surface area (Å²) in [7, 11) is -9.81. The Morgan fingerprint density at radius 3 is 2.29 bits per heavy atom. The second-order valence-electron chi connectivity index (χ2n) is 5.05. The number of pyridine rings is 1. The molecule has 0 fully saturated rings. The highest BCUT2D eigenvalue weighted by Gasteiger charge is 2.46. The van der Waals surface area contributed by atoms with Crippen LogP contribution in [0.3, 0.4) is 0 Å². The van der Waals surface area contributed by atoms with Gasteiger partial charge in [-0.25, -0.2) is 4.57 Å². The van der Waals surface area contributed by atoms with Gasteiger partial charge in [0.25, 0.3) is 0 Å². The number of hydrogen-bond acceptors (Lipinski definition) is 2. The average Bonchev–Trinajstić information content (AvgIpc) is 2.31. The Balaban J connectivity index is 3.01. The fourth-order valence-electron chi connectivity index (χ4n) is 1.73. The van der Waals surface area contributed by atoms with E-state index in [-0.39, 0.29) is 0 Å². The summed E-state index contributed by atoms with van der Waals surface area (Å²) in [5.41, 5.74) is 2.02. The van der Waals surface area contributed by atoms with Crippen molar-refractivity contribution in [2.75, 3.05) is 0 Å². The molecule has 0 radical (unpaired) electrons. The van der Waals surface area contributed by atoms with Crippen LogP contribution < -0.4 is 4.57 Å². The highest BCUT2D eigenvalue weighted by molar-refractivity contribution is 7.70. The van der Waals surface area contributed by atoms with Crippen LogP contribution in [0.2, 0.25) is 0 Å². The molecule has 118 valence electrons. The number of aromatic nitrogens is 1. The molecule has 0 unspecified atom stereocenters. The van der Waals surface area contributed by atoms with E-state index in [1.165, 1.54) is 10.8 Å². The lowest BCUT2D eigenvalue weighted by atomic mass is 10.1. The molecule has 0 atom stereocenters. The molecule has 0 spiro atoms. The van der Waals surface area contributed by atoms with E-state index in [4.69, 9.17) is 19.6 Å². The largest absolute Gasteiger partial charge is 0.347 e. The van der Waals surface area contributed by atoms with Crippen LogP contribution in [-0.4, -0.2) is 25.0 Å². The molecule has 9 heteroatoms. The predicted octanol–water partition coefficient (Wildman–Crippen LogP) is 1.16. The van der Waals surface area contributed by atoms with Crippen molar-refractivity contribution in [2.24, 2.45) is 0 Å². The third-order valence-electron chi connectivity index (χ3n) is 2.82. The van der Waals surface area contributed by atoms with E-state index in [0.29, 0.717) is 6.42 Å². The van der Waals surface area contributed by atoms with Gasteiger partial charge in [0.1, 0.15) is 0 Å². The molecule has 4 N–H and O–H groups in total. The van der Waals surface area contributed by atoms with Gasteiger partial charge in [0.15, 0.2) is 18.9 Å². The first-order valence-corrected chi connectivity index (χ1v) is 9.58. The number of rotatable bonds is 6. The van der Waals surface area contributed by atoms with Crippen molar-refractivity contribution in [3.63, 3.8) is 0 Å². The van der Waals surface area contributed by atoms with E-state index >= 15 is 0 Å². The van der Waals surface area contributed by atoms with Crippen molar-refractivity contribution >= 4 is 15.2 Å². The third-order valence-corrected chi connectivity index (χ3v) is 6.50. The monoisotopic (exact) mass is 336 g/mol. The molecule has 1 aromatic heterocycles. The second kappa shape index (κ2) is 6.97. The van der Waals surface area contributed by atoms with E-state index in [1.54, 1.807) is 12.3 Å². The Labute approximate surface area is 123 Å². The van der Waals surface area contributed by atoms with Gasteiger partial charge in [-0.15, -0.1) is 0 Å². The molecule has 0 saturated carbocycles. The average molecular weight is 336 g/mol. The normalized spacial score (nSPS) is 12.5. The van der Waals surface area contributed by atoms with Crippen molar-refractivity contribution in [3.8, 4) is 0 Å². The van der Waals surface area contributed by atoms with E-state index in [9.17, 15) is 9.13 Å². The first kappa shape index (κ1) is 18.2. The van der Waals surface area contributed by atoms with Crippen LogP contribution in [0.5, 0.6) is 0 Å². The first-order valence-electron chi connectivity index (χ1n) is 6.22. The van der Waals surface area contributed by atoms with Gasteiger partial charge in [-0.05, 0) is 26.3 Å². The summed E-state index contributed by atoms with van der Waals surface area (Å²) in [6.45, 7) is 3.46. The molecule has 1 heterocycles. The van der Waals surface area contributed by atoms with E-state index < -0.39 is 27.1 Å². The molecule has 0 aliphatic heterocycles. The standard InChI is InChI=1S/C12H19NO6P2/c1-10(2)5-6-11-4-3-7-13(8-11)9-12(20(14,15)16)21(17,18)19/h3-5,7-8,12H,6,9H2,1-2H3,(H3-,14,15,16,17,18,19)/p+1. The Morgan fingerprint density at radius 2 is 1.81 bits per heavy atom. The topological polar surface area (TPSA) is 119 Å².